The van der Waals surface area contributed by atoms with E-state index < -0.39 is 36.6 Å². The molecule has 3 aromatic carbocycles. The second-order valence-corrected chi connectivity index (χ2v) is 12.1. The first kappa shape index (κ1) is 38.0. The number of aliphatic carboxylic acids is 1. The molecule has 1 aliphatic rings. The molecule has 50 heavy (non-hydrogen) atoms. The van der Waals surface area contributed by atoms with Crippen molar-refractivity contribution in [3.63, 3.8) is 0 Å². The van der Waals surface area contributed by atoms with Gasteiger partial charge in [-0.2, -0.15) is 0 Å². The number of amides is 1. The standard InChI is InChI=1S/C38H47NO11/c1-5-30(27-19-33(46-2)36(48-4)34(20-27)47-3)37(44)39-16-7-6-11-31(39)38(45)50-32(25-9-8-10-29(18-25)49-23-35(42)43)15-13-24-12-14-26(21-40)28(17-24)22-41/h8-10,12,14,17-20,30-32,40-41H,5-7,11,13,15-16,21-23H2,1-4H3,(H,42,43)/t30-,31-,32?/m0/s1. The van der Waals surface area contributed by atoms with Crippen LogP contribution in [0.4, 0.5) is 0 Å². The molecule has 1 fully saturated rings. The molecule has 12 nitrogen and oxygen atoms in total. The van der Waals surface area contributed by atoms with Crippen LogP contribution in [0.3, 0.4) is 0 Å². The van der Waals surface area contributed by atoms with Gasteiger partial charge in [-0.3, -0.25) is 4.79 Å². The SMILES string of the molecule is CC[C@H](C(=O)N1CCCC[C@H]1C(=O)OC(CCc1ccc(CO)c(CO)c1)c1cccc(OCC(=O)O)c1)c1cc(OC)c(OC)c(OC)c1. The van der Waals surface area contributed by atoms with Gasteiger partial charge in [-0.15, -0.1) is 0 Å². The highest BCUT2D eigenvalue weighted by Crippen LogP contribution is 2.41. The third-order valence-electron chi connectivity index (χ3n) is 9.01. The van der Waals surface area contributed by atoms with Crippen LogP contribution in [0.5, 0.6) is 23.0 Å². The largest absolute Gasteiger partial charge is 0.493 e. The van der Waals surface area contributed by atoms with Gasteiger partial charge in [0.25, 0.3) is 0 Å². The Bertz CT molecular complexity index is 1600. The van der Waals surface area contributed by atoms with Crippen molar-refractivity contribution in [1.82, 2.24) is 4.90 Å². The van der Waals surface area contributed by atoms with Crippen molar-refractivity contribution in [1.29, 1.82) is 0 Å². The van der Waals surface area contributed by atoms with E-state index in [1.807, 2.05) is 19.1 Å². The van der Waals surface area contributed by atoms with Crippen LogP contribution in [0.2, 0.25) is 0 Å². The summed E-state index contributed by atoms with van der Waals surface area (Å²) in [4.78, 5) is 41.1. The first-order valence-electron chi connectivity index (χ1n) is 16.8. The minimum absolute atomic E-state index is 0.200. The molecule has 0 bridgehead atoms. The van der Waals surface area contributed by atoms with Gasteiger partial charge < -0.3 is 43.9 Å². The number of ether oxygens (including phenoxy) is 5. The lowest BCUT2D eigenvalue weighted by Crippen LogP contribution is -2.50. The average Bonchev–Trinajstić information content (AvgIpc) is 3.15. The number of nitrogens with zero attached hydrogens (tertiary/aromatic N) is 1. The topological polar surface area (TPSA) is 161 Å². The molecule has 12 heteroatoms. The lowest BCUT2D eigenvalue weighted by Gasteiger charge is -2.37. The number of hydrogen-bond acceptors (Lipinski definition) is 10. The number of methoxy groups -OCH3 is 3. The molecule has 3 N–H and O–H groups in total. The summed E-state index contributed by atoms with van der Waals surface area (Å²) in [5.74, 6) is -0.862. The van der Waals surface area contributed by atoms with Crippen molar-refractivity contribution < 1.29 is 53.4 Å². The second-order valence-electron chi connectivity index (χ2n) is 12.1. The first-order chi connectivity index (χ1) is 24.2. The van der Waals surface area contributed by atoms with Crippen molar-refractivity contribution in [2.75, 3.05) is 34.5 Å². The number of hydrogen-bond donors (Lipinski definition) is 3. The molecule has 1 unspecified atom stereocenters. The smallest absolute Gasteiger partial charge is 0.341 e. The Labute approximate surface area is 292 Å². The third kappa shape index (κ3) is 9.25. The molecule has 1 saturated heterocycles. The van der Waals surface area contributed by atoms with Gasteiger partial charge in [0.15, 0.2) is 18.1 Å². The molecule has 0 aromatic heterocycles. The zero-order chi connectivity index (χ0) is 36.2. The second kappa shape index (κ2) is 18.3. The summed E-state index contributed by atoms with van der Waals surface area (Å²) in [6, 6.07) is 14.9. The number of carbonyl (C=O) groups excluding carboxylic acids is 2. The maximum Gasteiger partial charge on any atom is 0.341 e. The Morgan fingerprint density at radius 2 is 1.60 bits per heavy atom. The van der Waals surface area contributed by atoms with E-state index in [1.54, 1.807) is 47.4 Å². The zero-order valence-corrected chi connectivity index (χ0v) is 29.1. The predicted molar refractivity (Wildman–Crippen MR) is 183 cm³/mol. The van der Waals surface area contributed by atoms with Crippen molar-refractivity contribution >= 4 is 17.8 Å². The Morgan fingerprint density at radius 3 is 2.22 bits per heavy atom. The highest BCUT2D eigenvalue weighted by Gasteiger charge is 2.38. The van der Waals surface area contributed by atoms with Crippen LogP contribution < -0.4 is 18.9 Å². The third-order valence-corrected chi connectivity index (χ3v) is 9.01. The number of aryl methyl sites for hydroxylation is 1. The summed E-state index contributed by atoms with van der Waals surface area (Å²) < 4.78 is 28.2. The highest BCUT2D eigenvalue weighted by atomic mass is 16.5. The van der Waals surface area contributed by atoms with E-state index in [4.69, 9.17) is 28.8 Å². The van der Waals surface area contributed by atoms with Gasteiger partial charge >= 0.3 is 11.9 Å². The number of esters is 1. The van der Waals surface area contributed by atoms with Crippen molar-refractivity contribution in [3.8, 4) is 23.0 Å². The molecular weight excluding hydrogens is 646 g/mol. The molecule has 0 aliphatic carbocycles. The van der Waals surface area contributed by atoms with Crippen LogP contribution in [0.15, 0.2) is 54.6 Å². The van der Waals surface area contributed by atoms with Gasteiger partial charge in [0.1, 0.15) is 17.9 Å². The summed E-state index contributed by atoms with van der Waals surface area (Å²) in [5.41, 5.74) is 3.39. The quantitative estimate of drug-likeness (QED) is 0.164. The molecule has 1 heterocycles. The predicted octanol–water partition coefficient (Wildman–Crippen LogP) is 4.95. The maximum atomic E-state index is 14.3. The number of carboxylic acids is 1. The number of rotatable bonds is 17. The minimum atomic E-state index is -1.12. The summed E-state index contributed by atoms with van der Waals surface area (Å²) in [7, 11) is 4.54. The van der Waals surface area contributed by atoms with E-state index in [2.05, 4.69) is 0 Å². The molecule has 4 rings (SSSR count). The Morgan fingerprint density at radius 1 is 0.880 bits per heavy atom. The number of aliphatic hydroxyl groups excluding tert-OH is 2. The van der Waals surface area contributed by atoms with E-state index >= 15 is 0 Å². The Balaban J connectivity index is 1.61. The van der Waals surface area contributed by atoms with E-state index in [0.717, 1.165) is 18.4 Å². The fourth-order valence-electron chi connectivity index (χ4n) is 6.39. The van der Waals surface area contributed by atoms with E-state index in [1.165, 1.54) is 21.3 Å². The van der Waals surface area contributed by atoms with E-state index in [-0.39, 0.29) is 19.1 Å². The Hall–Kier alpha value is -4.81. The van der Waals surface area contributed by atoms with Crippen molar-refractivity contribution in [3.05, 3.63) is 82.4 Å². The normalized spacial score (nSPS) is 15.5. The molecule has 3 aromatic rings. The molecule has 270 valence electrons. The van der Waals surface area contributed by atoms with E-state index in [9.17, 15) is 24.6 Å². The number of carbonyl (C=O) groups is 3. The van der Waals surface area contributed by atoms with Crippen LogP contribution in [-0.4, -0.2) is 78.6 Å². The molecule has 0 saturated carbocycles. The van der Waals surface area contributed by atoms with Crippen molar-refractivity contribution in [2.24, 2.45) is 0 Å². The molecule has 0 radical (unpaired) electrons. The summed E-state index contributed by atoms with van der Waals surface area (Å²) in [5, 5.41) is 28.5. The summed E-state index contributed by atoms with van der Waals surface area (Å²) >= 11 is 0. The van der Waals surface area contributed by atoms with Gasteiger partial charge in [-0.25, -0.2) is 9.59 Å². The monoisotopic (exact) mass is 693 g/mol. The summed E-state index contributed by atoms with van der Waals surface area (Å²) in [6.07, 6.45) is 2.44. The van der Waals surface area contributed by atoms with Gasteiger partial charge in [-0.05, 0) is 90.6 Å². The number of carboxylic acid groups (broad SMARTS) is 1. The molecule has 3 atom stereocenters. The number of likely N-dealkylation sites (tertiary alicyclic amines) is 1. The lowest BCUT2D eigenvalue weighted by atomic mass is 9.91. The maximum absolute atomic E-state index is 14.3. The fourth-order valence-corrected chi connectivity index (χ4v) is 6.39. The van der Waals surface area contributed by atoms with Crippen molar-refractivity contribution in [2.45, 2.75) is 76.7 Å². The Kier molecular flexibility index (Phi) is 13.9. The number of piperidine rings is 1. The lowest BCUT2D eigenvalue weighted by molar-refractivity contribution is -0.162. The fraction of sp³-hybridized carbons (Fsp3) is 0.447. The van der Waals surface area contributed by atoms with Crippen LogP contribution in [0.1, 0.15) is 78.9 Å². The highest BCUT2D eigenvalue weighted by molar-refractivity contribution is 5.89. The molecular formula is C38H47NO11. The average molecular weight is 694 g/mol. The zero-order valence-electron chi connectivity index (χ0n) is 29.1. The van der Waals surface area contributed by atoms with Gasteiger partial charge in [0, 0.05) is 6.54 Å². The van der Waals surface area contributed by atoms with Crippen LogP contribution >= 0.6 is 0 Å². The van der Waals surface area contributed by atoms with Gasteiger partial charge in [-0.1, -0.05) is 37.3 Å². The number of benzene rings is 3. The first-order valence-corrected chi connectivity index (χ1v) is 16.8. The number of aliphatic hydroxyl groups is 2. The van der Waals surface area contributed by atoms with Crippen LogP contribution in [-0.2, 0) is 38.8 Å². The van der Waals surface area contributed by atoms with E-state index in [0.29, 0.717) is 77.5 Å². The summed E-state index contributed by atoms with van der Waals surface area (Å²) in [6.45, 7) is 1.34. The van der Waals surface area contributed by atoms with Gasteiger partial charge in [0.2, 0.25) is 11.7 Å². The molecule has 1 aliphatic heterocycles. The van der Waals surface area contributed by atoms with Gasteiger partial charge in [0.05, 0.1) is 40.5 Å². The van der Waals surface area contributed by atoms with Crippen LogP contribution in [0.25, 0.3) is 0 Å². The minimum Gasteiger partial charge on any atom is -0.493 e. The molecule has 1 amide bonds. The molecule has 0 spiro atoms. The van der Waals surface area contributed by atoms with Crippen LogP contribution in [0, 0.1) is 0 Å².